The number of benzene rings is 2. The summed E-state index contributed by atoms with van der Waals surface area (Å²) < 4.78 is 0. The number of hydrogen-bond donors (Lipinski definition) is 2. The average Bonchev–Trinajstić information content (AvgIpc) is 2.55. The number of thioether (sulfide) groups is 1. The summed E-state index contributed by atoms with van der Waals surface area (Å²) in [5, 5.41) is 5.81. The minimum atomic E-state index is -0.0631. The molecule has 23 heavy (non-hydrogen) atoms. The molecule has 0 saturated carbocycles. The first-order chi connectivity index (χ1) is 11.1. The van der Waals surface area contributed by atoms with Crippen molar-refractivity contribution in [3.8, 4) is 0 Å². The minimum Gasteiger partial charge on any atom is -0.352 e. The van der Waals surface area contributed by atoms with Crippen LogP contribution in [0.1, 0.15) is 21.5 Å². The second kappa shape index (κ2) is 6.87. The molecule has 0 aliphatic carbocycles. The number of amides is 2. The first-order valence-electron chi connectivity index (χ1n) is 7.52. The van der Waals surface area contributed by atoms with Crippen molar-refractivity contribution in [2.45, 2.75) is 18.2 Å². The molecule has 0 fully saturated rings. The topological polar surface area (TPSA) is 58.2 Å². The predicted octanol–water partition coefficient (Wildman–Crippen LogP) is 3.01. The molecule has 0 saturated heterocycles. The summed E-state index contributed by atoms with van der Waals surface area (Å²) in [5.41, 5.74) is 3.77. The first-order valence-corrected chi connectivity index (χ1v) is 8.51. The SMILES string of the molecule is Cc1ccc(C(=O)NCCc2ccc3c(c2)NC(=O)CS3)cc1. The van der Waals surface area contributed by atoms with Crippen LogP contribution in [0.5, 0.6) is 0 Å². The Balaban J connectivity index is 1.56. The third-order valence-electron chi connectivity index (χ3n) is 3.69. The highest BCUT2D eigenvalue weighted by molar-refractivity contribution is 8.00. The van der Waals surface area contributed by atoms with Gasteiger partial charge in [0.1, 0.15) is 0 Å². The van der Waals surface area contributed by atoms with Gasteiger partial charge < -0.3 is 10.6 Å². The number of rotatable bonds is 4. The molecule has 4 nitrogen and oxygen atoms in total. The van der Waals surface area contributed by atoms with E-state index in [0.29, 0.717) is 17.9 Å². The van der Waals surface area contributed by atoms with E-state index < -0.39 is 0 Å². The van der Waals surface area contributed by atoms with Gasteiger partial charge in [0.05, 0.1) is 11.4 Å². The van der Waals surface area contributed by atoms with Crippen LogP contribution in [0, 0.1) is 6.92 Å². The predicted molar refractivity (Wildman–Crippen MR) is 93.0 cm³/mol. The number of hydrogen-bond acceptors (Lipinski definition) is 3. The lowest BCUT2D eigenvalue weighted by molar-refractivity contribution is -0.113. The number of carbonyl (C=O) groups is 2. The lowest BCUT2D eigenvalue weighted by Gasteiger charge is -2.17. The van der Waals surface area contributed by atoms with Gasteiger partial charge in [0.15, 0.2) is 0 Å². The Labute approximate surface area is 139 Å². The van der Waals surface area contributed by atoms with Crippen LogP contribution in [-0.2, 0) is 11.2 Å². The maximum atomic E-state index is 12.1. The van der Waals surface area contributed by atoms with E-state index in [1.54, 1.807) is 11.8 Å². The number of anilines is 1. The molecule has 5 heteroatoms. The smallest absolute Gasteiger partial charge is 0.251 e. The highest BCUT2D eigenvalue weighted by Gasteiger charge is 2.15. The first kappa shape index (κ1) is 15.6. The maximum Gasteiger partial charge on any atom is 0.251 e. The Hall–Kier alpha value is -2.27. The second-order valence-corrected chi connectivity index (χ2v) is 6.56. The van der Waals surface area contributed by atoms with Crippen molar-refractivity contribution in [1.82, 2.24) is 5.32 Å². The molecule has 0 unspecified atom stereocenters. The van der Waals surface area contributed by atoms with Gasteiger partial charge in [-0.3, -0.25) is 9.59 Å². The van der Waals surface area contributed by atoms with Gasteiger partial charge in [-0.1, -0.05) is 23.8 Å². The fourth-order valence-corrected chi connectivity index (χ4v) is 3.20. The molecule has 1 aliphatic heterocycles. The molecular weight excluding hydrogens is 308 g/mol. The second-order valence-electron chi connectivity index (χ2n) is 5.54. The molecule has 0 atom stereocenters. The summed E-state index contributed by atoms with van der Waals surface area (Å²) in [7, 11) is 0. The number of carbonyl (C=O) groups excluding carboxylic acids is 2. The summed E-state index contributed by atoms with van der Waals surface area (Å²) in [6.07, 6.45) is 0.728. The number of aryl methyl sites for hydroxylation is 1. The molecule has 3 rings (SSSR count). The largest absolute Gasteiger partial charge is 0.352 e. The average molecular weight is 326 g/mol. The summed E-state index contributed by atoms with van der Waals surface area (Å²) in [6, 6.07) is 13.6. The van der Waals surface area contributed by atoms with E-state index in [1.807, 2.05) is 49.4 Å². The van der Waals surface area contributed by atoms with Crippen LogP contribution >= 0.6 is 11.8 Å². The van der Waals surface area contributed by atoms with Crippen molar-refractivity contribution >= 4 is 29.3 Å². The van der Waals surface area contributed by atoms with E-state index in [9.17, 15) is 9.59 Å². The van der Waals surface area contributed by atoms with Crippen LogP contribution < -0.4 is 10.6 Å². The summed E-state index contributed by atoms with van der Waals surface area (Å²) in [4.78, 5) is 24.6. The van der Waals surface area contributed by atoms with Crippen molar-refractivity contribution < 1.29 is 9.59 Å². The van der Waals surface area contributed by atoms with Crippen LogP contribution in [0.15, 0.2) is 47.4 Å². The highest BCUT2D eigenvalue weighted by atomic mass is 32.2. The molecule has 0 spiro atoms. The zero-order valence-electron chi connectivity index (χ0n) is 12.9. The molecule has 2 aromatic carbocycles. The van der Waals surface area contributed by atoms with Crippen LogP contribution in [-0.4, -0.2) is 24.1 Å². The Morgan fingerprint density at radius 3 is 2.78 bits per heavy atom. The van der Waals surface area contributed by atoms with Gasteiger partial charge in [0.2, 0.25) is 5.91 Å². The Kier molecular flexibility index (Phi) is 4.67. The fourth-order valence-electron chi connectivity index (χ4n) is 2.41. The third kappa shape index (κ3) is 3.93. The zero-order valence-corrected chi connectivity index (χ0v) is 13.7. The lowest BCUT2D eigenvalue weighted by Crippen LogP contribution is -2.25. The Morgan fingerprint density at radius 2 is 2.00 bits per heavy atom. The molecular formula is C18H18N2O2S. The van der Waals surface area contributed by atoms with Gasteiger partial charge in [0.25, 0.3) is 5.91 Å². The van der Waals surface area contributed by atoms with E-state index in [0.717, 1.165) is 28.1 Å². The van der Waals surface area contributed by atoms with E-state index >= 15 is 0 Å². The van der Waals surface area contributed by atoms with Gasteiger partial charge in [-0.15, -0.1) is 11.8 Å². The van der Waals surface area contributed by atoms with Crippen molar-refractivity contribution in [3.63, 3.8) is 0 Å². The molecule has 0 bridgehead atoms. The molecule has 1 aliphatic rings. The van der Waals surface area contributed by atoms with E-state index in [4.69, 9.17) is 0 Å². The van der Waals surface area contributed by atoms with E-state index in [1.165, 1.54) is 0 Å². The van der Waals surface area contributed by atoms with E-state index in [-0.39, 0.29) is 11.8 Å². The summed E-state index contributed by atoms with van der Waals surface area (Å²) in [6.45, 7) is 2.56. The molecule has 2 aromatic rings. The summed E-state index contributed by atoms with van der Waals surface area (Å²) >= 11 is 1.55. The molecule has 2 N–H and O–H groups in total. The Bertz CT molecular complexity index is 741. The third-order valence-corrected chi connectivity index (χ3v) is 4.76. The number of fused-ring (bicyclic) bond motifs is 1. The van der Waals surface area contributed by atoms with Gasteiger partial charge in [-0.2, -0.15) is 0 Å². The van der Waals surface area contributed by atoms with Crippen molar-refractivity contribution in [2.75, 3.05) is 17.6 Å². The lowest BCUT2D eigenvalue weighted by atomic mass is 10.1. The summed E-state index contributed by atoms with van der Waals surface area (Å²) in [5.74, 6) is 0.443. The van der Waals surface area contributed by atoms with Crippen molar-refractivity contribution in [2.24, 2.45) is 0 Å². The zero-order chi connectivity index (χ0) is 16.2. The van der Waals surface area contributed by atoms with Gasteiger partial charge in [0, 0.05) is 17.0 Å². The maximum absolute atomic E-state index is 12.1. The molecule has 2 amide bonds. The van der Waals surface area contributed by atoms with Crippen LogP contribution in [0.4, 0.5) is 5.69 Å². The van der Waals surface area contributed by atoms with Crippen LogP contribution in [0.25, 0.3) is 0 Å². The molecule has 0 radical (unpaired) electrons. The monoisotopic (exact) mass is 326 g/mol. The molecule has 118 valence electrons. The van der Waals surface area contributed by atoms with Gasteiger partial charge in [-0.05, 0) is 43.2 Å². The quantitative estimate of drug-likeness (QED) is 0.908. The van der Waals surface area contributed by atoms with Crippen LogP contribution in [0.3, 0.4) is 0 Å². The number of nitrogens with one attached hydrogen (secondary N) is 2. The van der Waals surface area contributed by atoms with Gasteiger partial charge in [-0.25, -0.2) is 0 Å². The Morgan fingerprint density at radius 1 is 1.22 bits per heavy atom. The van der Waals surface area contributed by atoms with Gasteiger partial charge >= 0.3 is 0 Å². The normalized spacial score (nSPS) is 13.2. The van der Waals surface area contributed by atoms with E-state index in [2.05, 4.69) is 10.6 Å². The standard InChI is InChI=1S/C18H18N2O2S/c1-12-2-5-14(6-3-12)18(22)19-9-8-13-4-7-16-15(10-13)20-17(21)11-23-16/h2-7,10H,8-9,11H2,1H3,(H,19,22)(H,20,21). The molecule has 1 heterocycles. The van der Waals surface area contributed by atoms with Crippen molar-refractivity contribution in [1.29, 1.82) is 0 Å². The van der Waals surface area contributed by atoms with Crippen molar-refractivity contribution in [3.05, 3.63) is 59.2 Å². The van der Waals surface area contributed by atoms with Crippen LogP contribution in [0.2, 0.25) is 0 Å². The highest BCUT2D eigenvalue weighted by Crippen LogP contribution is 2.31. The molecule has 0 aromatic heterocycles. The minimum absolute atomic E-state index is 0.0346. The fraction of sp³-hybridized carbons (Fsp3) is 0.222.